The minimum Gasteiger partial charge on any atom is -0.313 e. The summed E-state index contributed by atoms with van der Waals surface area (Å²) in [5, 5.41) is 4.53. The second-order valence-electron chi connectivity index (χ2n) is 4.33. The van der Waals surface area contributed by atoms with Crippen LogP contribution in [0.3, 0.4) is 0 Å². The van der Waals surface area contributed by atoms with Gasteiger partial charge in [0.05, 0.1) is 0 Å². The number of hydrogen-bond acceptors (Lipinski definition) is 3. The van der Waals surface area contributed by atoms with E-state index in [0.29, 0.717) is 0 Å². The molecule has 0 amide bonds. The first-order chi connectivity index (χ1) is 7.34. The molecule has 1 rings (SSSR count). The molecule has 1 N–H and O–H groups in total. The number of hydrogen-bond donors (Lipinski definition) is 1. The lowest BCUT2D eigenvalue weighted by molar-refractivity contribution is 0.494. The molecule has 15 heavy (non-hydrogen) atoms. The highest BCUT2D eigenvalue weighted by atomic mass is 32.2. The van der Waals surface area contributed by atoms with Crippen molar-refractivity contribution in [1.82, 2.24) is 5.32 Å². The van der Waals surface area contributed by atoms with Crippen LogP contribution < -0.4 is 5.32 Å². The molecule has 1 heterocycles. The van der Waals surface area contributed by atoms with Gasteiger partial charge in [-0.3, -0.25) is 0 Å². The predicted octanol–water partition coefficient (Wildman–Crippen LogP) is 3.39. The summed E-state index contributed by atoms with van der Waals surface area (Å²) in [6.07, 6.45) is 9.15. The monoisotopic (exact) mass is 247 g/mol. The quantitative estimate of drug-likeness (QED) is 0.660. The van der Waals surface area contributed by atoms with E-state index in [0.717, 1.165) is 11.3 Å². The molecule has 2 unspecified atom stereocenters. The lowest BCUT2D eigenvalue weighted by atomic mass is 10.1. The summed E-state index contributed by atoms with van der Waals surface area (Å²) < 4.78 is 0. The minimum atomic E-state index is 0.793. The summed E-state index contributed by atoms with van der Waals surface area (Å²) in [4.78, 5) is 0. The smallest absolute Gasteiger partial charge is 0.0191 e. The zero-order valence-electron chi connectivity index (χ0n) is 10.1. The molecule has 2 atom stereocenters. The Morgan fingerprint density at radius 3 is 2.73 bits per heavy atom. The average molecular weight is 247 g/mol. The fourth-order valence-electron chi connectivity index (χ4n) is 2.01. The van der Waals surface area contributed by atoms with Crippen LogP contribution in [0.2, 0.25) is 0 Å². The Balaban J connectivity index is 1.84. The molecule has 0 radical (unpaired) electrons. The first-order valence-corrected chi connectivity index (χ1v) is 8.63. The average Bonchev–Trinajstić information content (AvgIpc) is 2.63. The van der Waals surface area contributed by atoms with Crippen molar-refractivity contribution in [3.05, 3.63) is 0 Å². The van der Waals surface area contributed by atoms with Gasteiger partial charge < -0.3 is 5.32 Å². The van der Waals surface area contributed by atoms with E-state index in [1.165, 1.54) is 50.2 Å². The third-order valence-electron chi connectivity index (χ3n) is 3.06. The third kappa shape index (κ3) is 6.08. The van der Waals surface area contributed by atoms with E-state index in [1.54, 1.807) is 0 Å². The molecule has 0 bridgehead atoms. The second kappa shape index (κ2) is 8.77. The van der Waals surface area contributed by atoms with Gasteiger partial charge in [-0.05, 0) is 43.6 Å². The summed E-state index contributed by atoms with van der Waals surface area (Å²) >= 11 is 4.08. The molecule has 0 aliphatic carbocycles. The van der Waals surface area contributed by atoms with E-state index >= 15 is 0 Å². The molecular weight excluding hydrogens is 222 g/mol. The van der Waals surface area contributed by atoms with Crippen molar-refractivity contribution >= 4 is 23.5 Å². The van der Waals surface area contributed by atoms with Gasteiger partial charge >= 0.3 is 0 Å². The molecule has 1 aliphatic heterocycles. The predicted molar refractivity (Wildman–Crippen MR) is 75.2 cm³/mol. The summed E-state index contributed by atoms with van der Waals surface area (Å²) in [6, 6.07) is 0.793. The third-order valence-corrected chi connectivity index (χ3v) is 5.08. The Hall–Kier alpha value is 0.660. The standard InChI is InChI=1S/C12H25NS2/c1-11-12(7-10-15-11)13-8-5-3-4-6-9-14-2/h11-13H,3-10H2,1-2H3. The van der Waals surface area contributed by atoms with Crippen molar-refractivity contribution < 1.29 is 0 Å². The van der Waals surface area contributed by atoms with Gasteiger partial charge in [-0.15, -0.1) is 0 Å². The van der Waals surface area contributed by atoms with Crippen LogP contribution in [0.5, 0.6) is 0 Å². The van der Waals surface area contributed by atoms with Crippen LogP contribution in [0.4, 0.5) is 0 Å². The summed E-state index contributed by atoms with van der Waals surface area (Å²) in [6.45, 7) is 3.59. The highest BCUT2D eigenvalue weighted by molar-refractivity contribution is 8.00. The molecule has 0 aromatic heterocycles. The van der Waals surface area contributed by atoms with E-state index in [1.807, 2.05) is 11.8 Å². The Bertz CT molecular complexity index is 153. The molecule has 0 saturated carbocycles. The van der Waals surface area contributed by atoms with Crippen LogP contribution in [-0.4, -0.2) is 35.6 Å². The van der Waals surface area contributed by atoms with Crippen molar-refractivity contribution in [2.75, 3.05) is 24.3 Å². The number of unbranched alkanes of at least 4 members (excludes halogenated alkanes) is 3. The fourth-order valence-corrected chi connectivity index (χ4v) is 3.73. The van der Waals surface area contributed by atoms with Gasteiger partial charge in [-0.1, -0.05) is 19.8 Å². The van der Waals surface area contributed by atoms with Crippen LogP contribution in [0.25, 0.3) is 0 Å². The van der Waals surface area contributed by atoms with E-state index in [2.05, 4.69) is 30.3 Å². The minimum absolute atomic E-state index is 0.793. The van der Waals surface area contributed by atoms with Crippen molar-refractivity contribution in [3.8, 4) is 0 Å². The number of nitrogens with one attached hydrogen (secondary N) is 1. The molecule has 0 spiro atoms. The van der Waals surface area contributed by atoms with Crippen molar-refractivity contribution in [2.45, 2.75) is 50.3 Å². The largest absolute Gasteiger partial charge is 0.313 e. The van der Waals surface area contributed by atoms with Crippen LogP contribution in [0.1, 0.15) is 39.0 Å². The van der Waals surface area contributed by atoms with Gasteiger partial charge in [0.25, 0.3) is 0 Å². The maximum atomic E-state index is 3.70. The van der Waals surface area contributed by atoms with Gasteiger partial charge in [0.1, 0.15) is 0 Å². The molecule has 90 valence electrons. The normalized spacial score (nSPS) is 26.0. The number of thioether (sulfide) groups is 2. The summed E-state index contributed by atoms with van der Waals surface area (Å²) in [5.74, 6) is 2.69. The van der Waals surface area contributed by atoms with Gasteiger partial charge in [0.15, 0.2) is 0 Å². The van der Waals surface area contributed by atoms with Gasteiger partial charge in [-0.2, -0.15) is 23.5 Å². The summed E-state index contributed by atoms with van der Waals surface area (Å²) in [5.41, 5.74) is 0. The van der Waals surface area contributed by atoms with E-state index in [9.17, 15) is 0 Å². The molecular formula is C12H25NS2. The molecule has 3 heteroatoms. The van der Waals surface area contributed by atoms with Gasteiger partial charge in [0, 0.05) is 11.3 Å². The van der Waals surface area contributed by atoms with Crippen molar-refractivity contribution in [2.24, 2.45) is 0 Å². The maximum Gasteiger partial charge on any atom is 0.0191 e. The van der Waals surface area contributed by atoms with E-state index in [-0.39, 0.29) is 0 Å². The zero-order valence-corrected chi connectivity index (χ0v) is 11.8. The van der Waals surface area contributed by atoms with Crippen LogP contribution in [0, 0.1) is 0 Å². The first-order valence-electron chi connectivity index (χ1n) is 6.18. The number of rotatable bonds is 8. The van der Waals surface area contributed by atoms with E-state index in [4.69, 9.17) is 0 Å². The SMILES string of the molecule is CSCCCCCCNC1CCSC1C. The first kappa shape index (κ1) is 13.7. The zero-order chi connectivity index (χ0) is 10.9. The Morgan fingerprint density at radius 1 is 1.27 bits per heavy atom. The highest BCUT2D eigenvalue weighted by Crippen LogP contribution is 2.25. The van der Waals surface area contributed by atoms with E-state index < -0.39 is 0 Å². The summed E-state index contributed by atoms with van der Waals surface area (Å²) in [7, 11) is 0. The molecule has 1 fully saturated rings. The second-order valence-corrected chi connectivity index (χ2v) is 6.80. The Labute approximate surface area is 104 Å². The highest BCUT2D eigenvalue weighted by Gasteiger charge is 2.22. The van der Waals surface area contributed by atoms with Crippen LogP contribution >= 0.6 is 23.5 Å². The van der Waals surface area contributed by atoms with Crippen molar-refractivity contribution in [3.63, 3.8) is 0 Å². The van der Waals surface area contributed by atoms with Gasteiger partial charge in [0.2, 0.25) is 0 Å². The van der Waals surface area contributed by atoms with Gasteiger partial charge in [-0.25, -0.2) is 0 Å². The molecule has 1 saturated heterocycles. The molecule has 0 aromatic rings. The fraction of sp³-hybridized carbons (Fsp3) is 1.00. The molecule has 1 aliphatic rings. The topological polar surface area (TPSA) is 12.0 Å². The van der Waals surface area contributed by atoms with Crippen LogP contribution in [0.15, 0.2) is 0 Å². The Morgan fingerprint density at radius 2 is 2.07 bits per heavy atom. The Kier molecular flexibility index (Phi) is 8.02. The molecule has 0 aromatic carbocycles. The lowest BCUT2D eigenvalue weighted by Gasteiger charge is -2.16. The maximum absolute atomic E-state index is 3.70. The molecule has 1 nitrogen and oxygen atoms in total. The lowest BCUT2D eigenvalue weighted by Crippen LogP contribution is -2.33. The van der Waals surface area contributed by atoms with Crippen molar-refractivity contribution in [1.29, 1.82) is 0 Å². The van der Waals surface area contributed by atoms with Crippen LogP contribution in [-0.2, 0) is 0 Å².